The Hall–Kier alpha value is -0.920. The molecule has 0 unspecified atom stereocenters. The topological polar surface area (TPSA) is 25.8 Å². The van der Waals surface area contributed by atoms with Crippen LogP contribution in [-0.4, -0.2) is 9.97 Å². The molecular formula is C11H20N2. The number of hydrogen-bond acceptors (Lipinski definition) is 2. The van der Waals surface area contributed by atoms with E-state index >= 15 is 0 Å². The van der Waals surface area contributed by atoms with Crippen LogP contribution in [0.1, 0.15) is 45.9 Å². The number of aromatic nitrogens is 2. The molecule has 0 N–H and O–H groups in total. The molecule has 0 aliphatic heterocycles. The van der Waals surface area contributed by atoms with Crippen molar-refractivity contribution >= 4 is 0 Å². The lowest BCUT2D eigenvalue weighted by atomic mass is 9.87. The van der Waals surface area contributed by atoms with E-state index < -0.39 is 0 Å². The van der Waals surface area contributed by atoms with Gasteiger partial charge in [-0.15, -0.1) is 0 Å². The second-order valence-corrected chi connectivity index (χ2v) is 3.77. The van der Waals surface area contributed by atoms with Crippen molar-refractivity contribution in [1.29, 1.82) is 0 Å². The van der Waals surface area contributed by atoms with Crippen LogP contribution in [0.25, 0.3) is 0 Å². The number of aryl methyl sites for hydroxylation is 1. The van der Waals surface area contributed by atoms with Crippen molar-refractivity contribution in [1.82, 2.24) is 9.97 Å². The Morgan fingerprint density at radius 3 is 2.00 bits per heavy atom. The minimum atomic E-state index is 0.158. The van der Waals surface area contributed by atoms with E-state index in [1.807, 2.05) is 27.0 Å². The highest BCUT2D eigenvalue weighted by atomic mass is 14.8. The molecule has 1 aromatic heterocycles. The molecule has 13 heavy (non-hydrogen) atoms. The molecule has 0 fully saturated rings. The lowest BCUT2D eigenvalue weighted by Crippen LogP contribution is -2.14. The zero-order chi connectivity index (χ0) is 10.5. The molecule has 74 valence electrons. The molecular weight excluding hydrogens is 160 g/mol. The second-order valence-electron chi connectivity index (χ2n) is 3.77. The first kappa shape index (κ1) is 12.1. The van der Waals surface area contributed by atoms with Gasteiger partial charge in [-0.3, -0.25) is 0 Å². The van der Waals surface area contributed by atoms with Gasteiger partial charge in [0, 0.05) is 11.9 Å². The molecule has 1 rings (SSSR count). The van der Waals surface area contributed by atoms with Gasteiger partial charge in [0.05, 0.1) is 0 Å². The van der Waals surface area contributed by atoms with E-state index in [-0.39, 0.29) is 5.41 Å². The molecule has 1 aromatic rings. The summed E-state index contributed by atoms with van der Waals surface area (Å²) in [6.07, 6.45) is 3.48. The highest BCUT2D eigenvalue weighted by Gasteiger charge is 2.16. The van der Waals surface area contributed by atoms with Crippen molar-refractivity contribution in [3.8, 4) is 0 Å². The van der Waals surface area contributed by atoms with Crippen LogP contribution in [0.2, 0.25) is 0 Å². The third-order valence-electron chi connectivity index (χ3n) is 1.72. The van der Waals surface area contributed by atoms with Crippen molar-refractivity contribution in [3.05, 3.63) is 23.8 Å². The van der Waals surface area contributed by atoms with E-state index in [4.69, 9.17) is 0 Å². The average Bonchev–Trinajstić information content (AvgIpc) is 2.07. The third kappa shape index (κ3) is 3.53. The van der Waals surface area contributed by atoms with Gasteiger partial charge in [-0.05, 0) is 17.9 Å². The van der Waals surface area contributed by atoms with E-state index in [0.29, 0.717) is 0 Å². The molecule has 0 amide bonds. The molecule has 0 saturated heterocycles. The average molecular weight is 180 g/mol. The van der Waals surface area contributed by atoms with Gasteiger partial charge in [-0.25, -0.2) is 9.97 Å². The summed E-state index contributed by atoms with van der Waals surface area (Å²) < 4.78 is 0. The van der Waals surface area contributed by atoms with Gasteiger partial charge in [-0.1, -0.05) is 34.6 Å². The maximum Gasteiger partial charge on any atom is 0.115 e. The van der Waals surface area contributed by atoms with Crippen LogP contribution in [0.3, 0.4) is 0 Å². The van der Waals surface area contributed by atoms with Gasteiger partial charge < -0.3 is 0 Å². The first-order valence-electron chi connectivity index (χ1n) is 4.79. The van der Waals surface area contributed by atoms with E-state index in [1.165, 1.54) is 5.56 Å². The highest BCUT2D eigenvalue weighted by Crippen LogP contribution is 2.22. The quantitative estimate of drug-likeness (QED) is 0.613. The lowest BCUT2D eigenvalue weighted by molar-refractivity contribution is 0.578. The van der Waals surface area contributed by atoms with E-state index in [1.54, 1.807) is 6.33 Å². The predicted molar refractivity (Wildman–Crippen MR) is 56.8 cm³/mol. The van der Waals surface area contributed by atoms with Crippen LogP contribution in [0.4, 0.5) is 0 Å². The Kier molecular flexibility index (Phi) is 4.60. The summed E-state index contributed by atoms with van der Waals surface area (Å²) in [5.41, 5.74) is 2.46. The lowest BCUT2D eigenvalue weighted by Gasteiger charge is -2.19. The number of nitrogens with zero attached hydrogens (tertiary/aromatic N) is 2. The normalized spacial score (nSPS) is 10.3. The fraction of sp³-hybridized carbons (Fsp3) is 0.636. The molecule has 0 aliphatic rings. The first-order valence-corrected chi connectivity index (χ1v) is 4.79. The van der Waals surface area contributed by atoms with Crippen LogP contribution < -0.4 is 0 Å². The van der Waals surface area contributed by atoms with Crippen LogP contribution in [0.15, 0.2) is 12.5 Å². The van der Waals surface area contributed by atoms with Crippen molar-refractivity contribution in [3.63, 3.8) is 0 Å². The summed E-state index contributed by atoms with van der Waals surface area (Å²) in [5.74, 6) is 0. The standard InChI is InChI=1S/C9H14N2.C2H6/c1-7-8(9(2,3)4)5-10-6-11-7;1-2/h5-6H,1-4H3;1-2H3. The summed E-state index contributed by atoms with van der Waals surface area (Å²) in [6.45, 7) is 12.5. The Bertz CT molecular complexity index is 249. The highest BCUT2D eigenvalue weighted by molar-refractivity contribution is 5.22. The predicted octanol–water partition coefficient (Wildman–Crippen LogP) is 3.11. The van der Waals surface area contributed by atoms with Crippen LogP contribution in [0, 0.1) is 6.92 Å². The van der Waals surface area contributed by atoms with Crippen LogP contribution in [0.5, 0.6) is 0 Å². The first-order chi connectivity index (χ1) is 6.02. The van der Waals surface area contributed by atoms with Gasteiger partial charge in [0.2, 0.25) is 0 Å². The van der Waals surface area contributed by atoms with E-state index in [2.05, 4.69) is 30.7 Å². The molecule has 0 aliphatic carbocycles. The maximum absolute atomic E-state index is 4.13. The van der Waals surface area contributed by atoms with Crippen molar-refractivity contribution in [2.45, 2.75) is 47.0 Å². The van der Waals surface area contributed by atoms with Crippen molar-refractivity contribution < 1.29 is 0 Å². The molecule has 0 radical (unpaired) electrons. The second kappa shape index (κ2) is 4.95. The maximum atomic E-state index is 4.13. The van der Waals surface area contributed by atoms with Gasteiger partial charge in [-0.2, -0.15) is 0 Å². The summed E-state index contributed by atoms with van der Waals surface area (Å²) >= 11 is 0. The van der Waals surface area contributed by atoms with Crippen LogP contribution >= 0.6 is 0 Å². The number of rotatable bonds is 0. The summed E-state index contributed by atoms with van der Waals surface area (Å²) in [5, 5.41) is 0. The minimum absolute atomic E-state index is 0.158. The molecule has 0 atom stereocenters. The van der Waals surface area contributed by atoms with Gasteiger partial charge >= 0.3 is 0 Å². The van der Waals surface area contributed by atoms with Crippen LogP contribution in [-0.2, 0) is 5.41 Å². The summed E-state index contributed by atoms with van der Waals surface area (Å²) in [6, 6.07) is 0. The van der Waals surface area contributed by atoms with Gasteiger partial charge in [0.25, 0.3) is 0 Å². The molecule has 0 aromatic carbocycles. The molecule has 2 nitrogen and oxygen atoms in total. The largest absolute Gasteiger partial charge is 0.244 e. The zero-order valence-corrected chi connectivity index (χ0v) is 9.55. The molecule has 1 heterocycles. The molecule has 2 heteroatoms. The Balaban J connectivity index is 0.000000671. The van der Waals surface area contributed by atoms with E-state index in [9.17, 15) is 0 Å². The van der Waals surface area contributed by atoms with Crippen molar-refractivity contribution in [2.24, 2.45) is 0 Å². The summed E-state index contributed by atoms with van der Waals surface area (Å²) in [7, 11) is 0. The smallest absolute Gasteiger partial charge is 0.115 e. The molecule has 0 bridgehead atoms. The fourth-order valence-electron chi connectivity index (χ4n) is 1.13. The Morgan fingerprint density at radius 1 is 1.15 bits per heavy atom. The Labute approximate surface area is 81.4 Å². The van der Waals surface area contributed by atoms with E-state index in [0.717, 1.165) is 5.69 Å². The van der Waals surface area contributed by atoms with Gasteiger partial charge in [0.1, 0.15) is 6.33 Å². The third-order valence-corrected chi connectivity index (χ3v) is 1.72. The van der Waals surface area contributed by atoms with Crippen molar-refractivity contribution in [2.75, 3.05) is 0 Å². The monoisotopic (exact) mass is 180 g/mol. The fourth-order valence-corrected chi connectivity index (χ4v) is 1.13. The number of hydrogen-bond donors (Lipinski definition) is 0. The Morgan fingerprint density at radius 2 is 1.69 bits per heavy atom. The molecule has 0 saturated carbocycles. The zero-order valence-electron chi connectivity index (χ0n) is 9.55. The van der Waals surface area contributed by atoms with Gasteiger partial charge in [0.15, 0.2) is 0 Å². The SMILES string of the molecule is CC.Cc1ncncc1C(C)(C)C. The molecule has 0 spiro atoms. The summed E-state index contributed by atoms with van der Waals surface area (Å²) in [4.78, 5) is 8.14. The minimum Gasteiger partial charge on any atom is -0.244 e.